The van der Waals surface area contributed by atoms with Crippen LogP contribution in [0.25, 0.3) is 0 Å². The molecule has 0 fully saturated rings. The normalized spacial score (nSPS) is 10.0. The van der Waals surface area contributed by atoms with Crippen LogP contribution in [0.4, 0.5) is 8.78 Å². The second-order valence-electron chi connectivity index (χ2n) is 3.07. The number of ether oxygens (including phenoxy) is 2. The van der Waals surface area contributed by atoms with Gasteiger partial charge in [-0.1, -0.05) is 6.07 Å². The molecule has 0 aliphatic rings. The number of hydrogen-bond donors (Lipinski definition) is 1. The van der Waals surface area contributed by atoms with Gasteiger partial charge in [-0.25, -0.2) is 8.78 Å². The molecule has 0 aromatic heterocycles. The molecule has 1 rings (SSSR count). The van der Waals surface area contributed by atoms with Gasteiger partial charge in [0.1, 0.15) is 26.6 Å². The molecule has 1 aromatic carbocycles. The van der Waals surface area contributed by atoms with Crippen LogP contribution in [0.15, 0.2) is 18.2 Å². The van der Waals surface area contributed by atoms with Gasteiger partial charge in [0.15, 0.2) is 11.5 Å². The minimum absolute atomic E-state index is 0.0473. The number of halogens is 2. The van der Waals surface area contributed by atoms with Crippen molar-refractivity contribution in [3.63, 3.8) is 0 Å². The number of carbonyl (C=O) groups excluding carboxylic acids is 1. The van der Waals surface area contributed by atoms with Crippen molar-refractivity contribution in [1.82, 2.24) is 0 Å². The van der Waals surface area contributed by atoms with Gasteiger partial charge in [0.25, 0.3) is 5.91 Å². The number of alkyl halides is 2. The number of benzene rings is 1. The van der Waals surface area contributed by atoms with Gasteiger partial charge in [0, 0.05) is 0 Å². The molecule has 2 N–H and O–H groups in total. The molecule has 1 aromatic rings. The summed E-state index contributed by atoms with van der Waals surface area (Å²) in [7, 11) is 0. The fourth-order valence-electron chi connectivity index (χ4n) is 1.26. The molecule has 0 aliphatic carbocycles. The van der Waals surface area contributed by atoms with E-state index in [0.717, 1.165) is 0 Å². The molecule has 94 valence electrons. The number of amides is 1. The molecule has 0 bridgehead atoms. The first kappa shape index (κ1) is 13.2. The molecule has 0 radical (unpaired) electrons. The number of hydrogen-bond acceptors (Lipinski definition) is 3. The van der Waals surface area contributed by atoms with Crippen LogP contribution in [0.1, 0.15) is 10.4 Å². The van der Waals surface area contributed by atoms with Crippen LogP contribution in [-0.4, -0.2) is 32.5 Å². The molecule has 0 saturated heterocycles. The number of carbonyl (C=O) groups is 1. The van der Waals surface area contributed by atoms with Gasteiger partial charge in [-0.15, -0.1) is 0 Å². The fraction of sp³-hybridized carbons (Fsp3) is 0.364. The van der Waals surface area contributed by atoms with Gasteiger partial charge in [-0.05, 0) is 12.1 Å². The molecule has 0 saturated carbocycles. The second-order valence-corrected chi connectivity index (χ2v) is 3.07. The summed E-state index contributed by atoms with van der Waals surface area (Å²) < 4.78 is 34.2. The van der Waals surface area contributed by atoms with Crippen LogP contribution in [0.3, 0.4) is 0 Å². The zero-order valence-corrected chi connectivity index (χ0v) is 9.12. The molecular weight excluding hydrogens is 232 g/mol. The van der Waals surface area contributed by atoms with Gasteiger partial charge in [0.05, 0.1) is 5.56 Å². The van der Waals surface area contributed by atoms with E-state index in [1.807, 2.05) is 0 Å². The quantitative estimate of drug-likeness (QED) is 0.791. The Bertz CT molecular complexity index is 385. The first-order chi connectivity index (χ1) is 8.20. The van der Waals surface area contributed by atoms with Crippen LogP contribution in [0.2, 0.25) is 0 Å². The molecule has 6 heteroatoms. The number of nitrogens with two attached hydrogens (primary N) is 1. The largest absolute Gasteiger partial charge is 0.487 e. The van der Waals surface area contributed by atoms with E-state index in [0.29, 0.717) is 0 Å². The highest BCUT2D eigenvalue weighted by atomic mass is 19.1. The molecule has 0 unspecified atom stereocenters. The standard InChI is InChI=1S/C11H13F2NO3/c12-4-6-16-9-3-1-2-8(11(14)15)10(9)17-7-5-13/h1-3H,4-7H2,(H2,14,15). The van der Waals surface area contributed by atoms with Crippen molar-refractivity contribution < 1.29 is 23.0 Å². The summed E-state index contributed by atoms with van der Waals surface area (Å²) in [5.41, 5.74) is 5.22. The maximum absolute atomic E-state index is 12.1. The lowest BCUT2D eigenvalue weighted by Gasteiger charge is -2.13. The van der Waals surface area contributed by atoms with Crippen LogP contribution in [0.5, 0.6) is 11.5 Å². The Morgan fingerprint density at radius 1 is 1.18 bits per heavy atom. The molecule has 0 atom stereocenters. The minimum Gasteiger partial charge on any atom is -0.487 e. The minimum atomic E-state index is -0.718. The van der Waals surface area contributed by atoms with Gasteiger partial charge in [0.2, 0.25) is 0 Å². The predicted molar refractivity (Wildman–Crippen MR) is 57.9 cm³/mol. The first-order valence-corrected chi connectivity index (χ1v) is 5.01. The third kappa shape index (κ3) is 3.58. The van der Waals surface area contributed by atoms with E-state index in [2.05, 4.69) is 0 Å². The lowest BCUT2D eigenvalue weighted by molar-refractivity contribution is 0.0994. The zero-order valence-electron chi connectivity index (χ0n) is 9.12. The second kappa shape index (κ2) is 6.67. The molecule has 4 nitrogen and oxygen atoms in total. The molecular formula is C11H13F2NO3. The SMILES string of the molecule is NC(=O)c1cccc(OCCF)c1OCCF. The predicted octanol–water partition coefficient (Wildman–Crippen LogP) is 1.48. The summed E-state index contributed by atoms with van der Waals surface area (Å²) in [6.45, 7) is -1.79. The average molecular weight is 245 g/mol. The lowest BCUT2D eigenvalue weighted by Crippen LogP contribution is -2.15. The molecule has 1 amide bonds. The Morgan fingerprint density at radius 3 is 2.41 bits per heavy atom. The highest BCUT2D eigenvalue weighted by Gasteiger charge is 2.15. The molecule has 17 heavy (non-hydrogen) atoms. The third-order valence-corrected chi connectivity index (χ3v) is 1.90. The molecule has 0 spiro atoms. The van der Waals surface area contributed by atoms with Crippen molar-refractivity contribution in [2.75, 3.05) is 26.6 Å². The summed E-state index contributed by atoms with van der Waals surface area (Å²) >= 11 is 0. The van der Waals surface area contributed by atoms with E-state index in [1.165, 1.54) is 18.2 Å². The maximum atomic E-state index is 12.1. The molecule has 0 heterocycles. The van der Waals surface area contributed by atoms with Crippen LogP contribution in [0, 0.1) is 0 Å². The van der Waals surface area contributed by atoms with Gasteiger partial charge < -0.3 is 15.2 Å². The monoisotopic (exact) mass is 245 g/mol. The van der Waals surface area contributed by atoms with Crippen molar-refractivity contribution in [2.45, 2.75) is 0 Å². The van der Waals surface area contributed by atoms with E-state index in [-0.39, 0.29) is 30.3 Å². The summed E-state index contributed by atoms with van der Waals surface area (Å²) in [4.78, 5) is 11.1. The average Bonchev–Trinajstić information content (AvgIpc) is 2.33. The lowest BCUT2D eigenvalue weighted by atomic mass is 10.2. The van der Waals surface area contributed by atoms with Crippen molar-refractivity contribution in [1.29, 1.82) is 0 Å². The Kier molecular flexibility index (Phi) is 5.19. The van der Waals surface area contributed by atoms with Crippen molar-refractivity contribution in [3.05, 3.63) is 23.8 Å². The van der Waals surface area contributed by atoms with Crippen molar-refractivity contribution in [3.8, 4) is 11.5 Å². The van der Waals surface area contributed by atoms with Gasteiger partial charge >= 0.3 is 0 Å². The fourth-order valence-corrected chi connectivity index (χ4v) is 1.26. The Balaban J connectivity index is 3.00. The summed E-state index contributed by atoms with van der Waals surface area (Å²) in [6, 6.07) is 4.45. The van der Waals surface area contributed by atoms with Crippen LogP contribution in [-0.2, 0) is 0 Å². The Morgan fingerprint density at radius 2 is 1.82 bits per heavy atom. The number of primary amides is 1. The van der Waals surface area contributed by atoms with Gasteiger partial charge in [-0.3, -0.25) is 4.79 Å². The number of para-hydroxylation sites is 1. The van der Waals surface area contributed by atoms with Crippen LogP contribution >= 0.6 is 0 Å². The first-order valence-electron chi connectivity index (χ1n) is 5.01. The highest BCUT2D eigenvalue weighted by molar-refractivity contribution is 5.96. The highest BCUT2D eigenvalue weighted by Crippen LogP contribution is 2.31. The van der Waals surface area contributed by atoms with E-state index in [9.17, 15) is 13.6 Å². The van der Waals surface area contributed by atoms with Gasteiger partial charge in [-0.2, -0.15) is 0 Å². The Labute approximate surface area is 97.3 Å². The van der Waals surface area contributed by atoms with E-state index >= 15 is 0 Å². The van der Waals surface area contributed by atoms with Crippen LogP contribution < -0.4 is 15.2 Å². The Hall–Kier alpha value is -1.85. The van der Waals surface area contributed by atoms with Crippen molar-refractivity contribution >= 4 is 5.91 Å². The van der Waals surface area contributed by atoms with E-state index in [1.54, 1.807) is 0 Å². The zero-order chi connectivity index (χ0) is 12.7. The maximum Gasteiger partial charge on any atom is 0.252 e. The summed E-state index contributed by atoms with van der Waals surface area (Å²) in [5.74, 6) is -0.497. The smallest absolute Gasteiger partial charge is 0.252 e. The summed E-state index contributed by atoms with van der Waals surface area (Å²) in [6.07, 6.45) is 0. The molecule has 0 aliphatic heterocycles. The topological polar surface area (TPSA) is 61.6 Å². The van der Waals surface area contributed by atoms with E-state index < -0.39 is 19.3 Å². The van der Waals surface area contributed by atoms with E-state index in [4.69, 9.17) is 15.2 Å². The number of rotatable bonds is 7. The third-order valence-electron chi connectivity index (χ3n) is 1.90. The van der Waals surface area contributed by atoms with Crippen molar-refractivity contribution in [2.24, 2.45) is 5.73 Å². The summed E-state index contributed by atoms with van der Waals surface area (Å²) in [5, 5.41) is 0.